The number of benzene rings is 2. The van der Waals surface area contributed by atoms with Gasteiger partial charge in [0.25, 0.3) is 5.91 Å². The molecular weight excluding hydrogens is 304 g/mol. The van der Waals surface area contributed by atoms with Crippen molar-refractivity contribution in [2.45, 2.75) is 13.0 Å². The van der Waals surface area contributed by atoms with Crippen LogP contribution in [0.15, 0.2) is 48.5 Å². The standard InChI is InChI=1S/C18H16N4O2/c1-11-19-17(22-21-11)12-5-4-6-13(9-12)18(23)20-15-10-24-16-8-3-2-7-14(15)16/h2-9,15H,10H2,1H3,(H,20,23)(H,19,21,22). The molecule has 120 valence electrons. The van der Waals surface area contributed by atoms with Crippen molar-refractivity contribution < 1.29 is 9.53 Å². The first-order valence-corrected chi connectivity index (χ1v) is 7.73. The molecule has 0 saturated carbocycles. The van der Waals surface area contributed by atoms with E-state index >= 15 is 0 Å². The minimum atomic E-state index is -0.144. The highest BCUT2D eigenvalue weighted by Gasteiger charge is 2.25. The van der Waals surface area contributed by atoms with Crippen LogP contribution in [0.1, 0.15) is 27.8 Å². The molecule has 0 aliphatic carbocycles. The zero-order chi connectivity index (χ0) is 16.5. The van der Waals surface area contributed by atoms with Gasteiger partial charge in [-0.05, 0) is 25.1 Å². The molecule has 0 radical (unpaired) electrons. The van der Waals surface area contributed by atoms with E-state index in [2.05, 4.69) is 20.5 Å². The van der Waals surface area contributed by atoms with Gasteiger partial charge in [-0.15, -0.1) is 0 Å². The number of nitrogens with zero attached hydrogens (tertiary/aromatic N) is 2. The minimum Gasteiger partial charge on any atom is -0.491 e. The van der Waals surface area contributed by atoms with Gasteiger partial charge in [0.1, 0.15) is 18.2 Å². The van der Waals surface area contributed by atoms with Gasteiger partial charge in [-0.3, -0.25) is 9.89 Å². The topological polar surface area (TPSA) is 79.9 Å². The van der Waals surface area contributed by atoms with Crippen LogP contribution in [0.2, 0.25) is 0 Å². The lowest BCUT2D eigenvalue weighted by Gasteiger charge is -2.12. The first-order chi connectivity index (χ1) is 11.7. The van der Waals surface area contributed by atoms with Crippen LogP contribution in [0.4, 0.5) is 0 Å². The van der Waals surface area contributed by atoms with Crippen LogP contribution in [0.3, 0.4) is 0 Å². The number of para-hydroxylation sites is 1. The van der Waals surface area contributed by atoms with Gasteiger partial charge in [0, 0.05) is 16.7 Å². The average molecular weight is 320 g/mol. The molecule has 1 unspecified atom stereocenters. The maximum atomic E-state index is 12.6. The Hall–Kier alpha value is -3.15. The molecule has 1 aromatic heterocycles. The molecule has 24 heavy (non-hydrogen) atoms. The molecule has 1 atom stereocenters. The summed E-state index contributed by atoms with van der Waals surface area (Å²) >= 11 is 0. The number of carbonyl (C=O) groups excluding carboxylic acids is 1. The predicted octanol–water partition coefficient (Wildman–Crippen LogP) is 2.64. The van der Waals surface area contributed by atoms with E-state index in [1.165, 1.54) is 0 Å². The van der Waals surface area contributed by atoms with Crippen LogP contribution < -0.4 is 10.1 Å². The Morgan fingerprint density at radius 1 is 1.25 bits per heavy atom. The number of rotatable bonds is 3. The Kier molecular flexibility index (Phi) is 3.49. The number of hydrogen-bond acceptors (Lipinski definition) is 4. The summed E-state index contributed by atoms with van der Waals surface area (Å²) in [6.45, 7) is 2.29. The van der Waals surface area contributed by atoms with E-state index in [1.807, 2.05) is 43.3 Å². The highest BCUT2D eigenvalue weighted by atomic mass is 16.5. The van der Waals surface area contributed by atoms with Crippen molar-refractivity contribution in [2.24, 2.45) is 0 Å². The van der Waals surface area contributed by atoms with E-state index in [1.54, 1.807) is 12.1 Å². The van der Waals surface area contributed by atoms with Crippen LogP contribution in [0.25, 0.3) is 11.4 Å². The third-order valence-corrected chi connectivity index (χ3v) is 3.99. The fraction of sp³-hybridized carbons (Fsp3) is 0.167. The number of fused-ring (bicyclic) bond motifs is 1. The fourth-order valence-electron chi connectivity index (χ4n) is 2.80. The third kappa shape index (κ3) is 2.62. The molecule has 6 heteroatoms. The molecule has 1 aliphatic rings. The van der Waals surface area contributed by atoms with E-state index in [4.69, 9.17) is 4.74 Å². The minimum absolute atomic E-state index is 0.136. The molecule has 1 aliphatic heterocycles. The second-order valence-electron chi connectivity index (χ2n) is 5.70. The van der Waals surface area contributed by atoms with Crippen LogP contribution in [0.5, 0.6) is 5.75 Å². The molecule has 2 heterocycles. The summed E-state index contributed by atoms with van der Waals surface area (Å²) in [7, 11) is 0. The summed E-state index contributed by atoms with van der Waals surface area (Å²) in [5.41, 5.74) is 2.38. The molecule has 0 saturated heterocycles. The molecule has 1 amide bonds. The Morgan fingerprint density at radius 2 is 2.12 bits per heavy atom. The zero-order valence-electron chi connectivity index (χ0n) is 13.1. The lowest BCUT2D eigenvalue weighted by molar-refractivity contribution is 0.0930. The molecule has 2 N–H and O–H groups in total. The Bertz CT molecular complexity index is 903. The Labute approximate surface area is 138 Å². The number of aryl methyl sites for hydroxylation is 1. The van der Waals surface area contributed by atoms with Crippen LogP contribution in [-0.4, -0.2) is 27.7 Å². The van der Waals surface area contributed by atoms with Crippen molar-refractivity contribution in [2.75, 3.05) is 6.61 Å². The number of hydrogen-bond donors (Lipinski definition) is 2. The molecular formula is C18H16N4O2. The van der Waals surface area contributed by atoms with Gasteiger partial charge in [-0.1, -0.05) is 30.3 Å². The number of H-pyrrole nitrogens is 1. The molecule has 6 nitrogen and oxygen atoms in total. The van der Waals surface area contributed by atoms with E-state index < -0.39 is 0 Å². The van der Waals surface area contributed by atoms with Crippen LogP contribution >= 0.6 is 0 Å². The van der Waals surface area contributed by atoms with E-state index in [-0.39, 0.29) is 11.9 Å². The van der Waals surface area contributed by atoms with Gasteiger partial charge in [-0.25, -0.2) is 4.98 Å². The van der Waals surface area contributed by atoms with Crippen molar-refractivity contribution in [3.05, 3.63) is 65.5 Å². The summed E-state index contributed by atoms with van der Waals surface area (Å²) < 4.78 is 5.60. The second kappa shape index (κ2) is 5.81. The fourth-order valence-corrected chi connectivity index (χ4v) is 2.80. The molecule has 4 rings (SSSR count). The van der Waals surface area contributed by atoms with Crippen LogP contribution in [-0.2, 0) is 0 Å². The molecule has 2 aromatic carbocycles. The monoisotopic (exact) mass is 320 g/mol. The Balaban J connectivity index is 1.55. The normalized spacial score (nSPS) is 15.6. The van der Waals surface area contributed by atoms with Gasteiger partial charge >= 0.3 is 0 Å². The van der Waals surface area contributed by atoms with Crippen molar-refractivity contribution >= 4 is 5.91 Å². The maximum absolute atomic E-state index is 12.6. The quantitative estimate of drug-likeness (QED) is 0.777. The van der Waals surface area contributed by atoms with Gasteiger partial charge in [-0.2, -0.15) is 5.10 Å². The highest BCUT2D eigenvalue weighted by molar-refractivity contribution is 5.95. The van der Waals surface area contributed by atoms with Crippen molar-refractivity contribution in [1.82, 2.24) is 20.5 Å². The molecule has 0 bridgehead atoms. The number of aromatic amines is 1. The highest BCUT2D eigenvalue weighted by Crippen LogP contribution is 2.31. The Morgan fingerprint density at radius 3 is 2.96 bits per heavy atom. The van der Waals surface area contributed by atoms with Crippen molar-refractivity contribution in [3.63, 3.8) is 0 Å². The van der Waals surface area contributed by atoms with Gasteiger partial charge in [0.05, 0.1) is 6.04 Å². The summed E-state index contributed by atoms with van der Waals surface area (Å²) in [6.07, 6.45) is 0. The van der Waals surface area contributed by atoms with E-state index in [0.717, 1.165) is 22.7 Å². The second-order valence-corrected chi connectivity index (χ2v) is 5.70. The van der Waals surface area contributed by atoms with Crippen molar-refractivity contribution in [3.8, 4) is 17.1 Å². The third-order valence-electron chi connectivity index (χ3n) is 3.99. The summed E-state index contributed by atoms with van der Waals surface area (Å²) in [6, 6.07) is 14.9. The summed E-state index contributed by atoms with van der Waals surface area (Å²) in [5.74, 6) is 2.00. The van der Waals surface area contributed by atoms with Crippen LogP contribution in [0, 0.1) is 6.92 Å². The SMILES string of the molecule is Cc1nc(-c2cccc(C(=O)NC3COc4ccccc43)c2)n[nH]1. The summed E-state index contributed by atoms with van der Waals surface area (Å²) in [5, 5.41) is 9.96. The van der Waals surface area contributed by atoms with E-state index in [0.29, 0.717) is 18.0 Å². The first kappa shape index (κ1) is 14.4. The van der Waals surface area contributed by atoms with Crippen molar-refractivity contribution in [1.29, 1.82) is 0 Å². The smallest absolute Gasteiger partial charge is 0.251 e. The maximum Gasteiger partial charge on any atom is 0.251 e. The number of aromatic nitrogens is 3. The first-order valence-electron chi connectivity index (χ1n) is 7.73. The number of nitrogens with one attached hydrogen (secondary N) is 2. The number of carbonyl (C=O) groups is 1. The lowest BCUT2D eigenvalue weighted by Crippen LogP contribution is -2.29. The zero-order valence-corrected chi connectivity index (χ0v) is 13.1. The summed E-state index contributed by atoms with van der Waals surface area (Å²) in [4.78, 5) is 16.9. The number of amides is 1. The van der Waals surface area contributed by atoms with Gasteiger partial charge < -0.3 is 10.1 Å². The lowest BCUT2D eigenvalue weighted by atomic mass is 10.1. The number of ether oxygens (including phenoxy) is 1. The predicted molar refractivity (Wildman–Crippen MR) is 88.7 cm³/mol. The van der Waals surface area contributed by atoms with E-state index in [9.17, 15) is 4.79 Å². The largest absolute Gasteiger partial charge is 0.491 e. The average Bonchev–Trinajstić information content (AvgIpc) is 3.22. The van der Waals surface area contributed by atoms with Gasteiger partial charge in [0.2, 0.25) is 0 Å². The molecule has 0 spiro atoms. The van der Waals surface area contributed by atoms with Gasteiger partial charge in [0.15, 0.2) is 5.82 Å². The molecule has 0 fully saturated rings. The molecule has 3 aromatic rings.